The van der Waals surface area contributed by atoms with E-state index >= 15 is 0 Å². The van der Waals surface area contributed by atoms with E-state index in [-0.39, 0.29) is 10.8 Å². The lowest BCUT2D eigenvalue weighted by molar-refractivity contribution is 0.145. The second-order valence-electron chi connectivity index (χ2n) is 3.31. The van der Waals surface area contributed by atoms with Gasteiger partial charge in [0.1, 0.15) is 16.6 Å². The van der Waals surface area contributed by atoms with Crippen molar-refractivity contribution in [3.05, 3.63) is 41.2 Å². The van der Waals surface area contributed by atoms with E-state index < -0.39 is 6.43 Å². The normalized spacial score (nSPS) is 10.9. The molecule has 0 saturated carbocycles. The lowest BCUT2D eigenvalue weighted by Gasteiger charge is -2.05. The molecule has 0 N–H and O–H groups in total. The molecule has 0 radical (unpaired) electrons. The van der Waals surface area contributed by atoms with Gasteiger partial charge in [-0.3, -0.25) is 0 Å². The zero-order valence-corrected chi connectivity index (χ0v) is 9.66. The van der Waals surface area contributed by atoms with E-state index in [2.05, 4.69) is 5.10 Å². The van der Waals surface area contributed by atoms with Crippen LogP contribution in [-0.2, 0) is 0 Å². The molecule has 1 heterocycles. The van der Waals surface area contributed by atoms with Gasteiger partial charge in [0.2, 0.25) is 0 Å². The summed E-state index contributed by atoms with van der Waals surface area (Å²) in [4.78, 5) is 0. The van der Waals surface area contributed by atoms with Gasteiger partial charge in [-0.2, -0.15) is 5.10 Å². The number of ether oxygens (including phenoxy) is 1. The van der Waals surface area contributed by atoms with Crippen LogP contribution in [0.4, 0.5) is 8.78 Å². The molecule has 0 fully saturated rings. The molecule has 0 spiro atoms. The van der Waals surface area contributed by atoms with Crippen LogP contribution in [0.2, 0.25) is 5.15 Å². The third-order valence-electron chi connectivity index (χ3n) is 2.21. The number of methoxy groups -OCH3 is 1. The van der Waals surface area contributed by atoms with E-state index in [0.717, 1.165) is 6.07 Å². The summed E-state index contributed by atoms with van der Waals surface area (Å²) >= 11 is 5.85. The van der Waals surface area contributed by atoms with Crippen molar-refractivity contribution in [1.82, 2.24) is 9.78 Å². The van der Waals surface area contributed by atoms with Crippen molar-refractivity contribution >= 4 is 11.6 Å². The third-order valence-corrected chi connectivity index (χ3v) is 2.48. The van der Waals surface area contributed by atoms with Gasteiger partial charge in [-0.1, -0.05) is 17.7 Å². The Morgan fingerprint density at radius 1 is 1.35 bits per heavy atom. The van der Waals surface area contributed by atoms with E-state index in [4.69, 9.17) is 16.3 Å². The third kappa shape index (κ3) is 2.39. The Kier molecular flexibility index (Phi) is 3.28. The molecule has 2 aromatic rings. The Labute approximate surface area is 102 Å². The fraction of sp³-hybridized carbons (Fsp3) is 0.182. The summed E-state index contributed by atoms with van der Waals surface area (Å²) in [5, 5.41) is 3.87. The number of nitrogens with zero attached hydrogens (tertiary/aromatic N) is 2. The zero-order valence-electron chi connectivity index (χ0n) is 8.90. The highest BCUT2D eigenvalue weighted by Gasteiger charge is 2.15. The largest absolute Gasteiger partial charge is 0.497 e. The first kappa shape index (κ1) is 11.9. The topological polar surface area (TPSA) is 27.1 Å². The Bertz CT molecular complexity index is 528. The van der Waals surface area contributed by atoms with Crippen molar-refractivity contribution in [3.63, 3.8) is 0 Å². The van der Waals surface area contributed by atoms with E-state index in [0.29, 0.717) is 11.4 Å². The van der Waals surface area contributed by atoms with E-state index in [9.17, 15) is 8.78 Å². The zero-order chi connectivity index (χ0) is 12.4. The molecular weight excluding hydrogens is 250 g/mol. The second kappa shape index (κ2) is 4.71. The molecular formula is C11H9ClF2N2O. The first-order chi connectivity index (χ1) is 8.11. The molecule has 0 aliphatic carbocycles. The Hall–Kier alpha value is -1.62. The van der Waals surface area contributed by atoms with Gasteiger partial charge in [-0.25, -0.2) is 13.5 Å². The number of aromatic nitrogens is 2. The fourth-order valence-electron chi connectivity index (χ4n) is 1.41. The number of alkyl halides is 2. The molecule has 0 amide bonds. The van der Waals surface area contributed by atoms with Crippen LogP contribution in [0, 0.1) is 0 Å². The van der Waals surface area contributed by atoms with E-state index in [1.165, 1.54) is 11.8 Å². The number of hydrogen-bond donors (Lipinski definition) is 0. The molecule has 0 atom stereocenters. The summed E-state index contributed by atoms with van der Waals surface area (Å²) in [7, 11) is 1.52. The van der Waals surface area contributed by atoms with Crippen LogP contribution in [0.3, 0.4) is 0 Å². The van der Waals surface area contributed by atoms with Crippen LogP contribution in [0.25, 0.3) is 5.69 Å². The summed E-state index contributed by atoms with van der Waals surface area (Å²) in [6.07, 6.45) is -2.64. The summed E-state index contributed by atoms with van der Waals surface area (Å²) in [6, 6.07) is 7.99. The Morgan fingerprint density at radius 2 is 2.12 bits per heavy atom. The molecule has 6 heteroatoms. The van der Waals surface area contributed by atoms with Crippen molar-refractivity contribution in [2.45, 2.75) is 6.43 Å². The molecule has 1 aromatic carbocycles. The second-order valence-corrected chi connectivity index (χ2v) is 3.69. The molecule has 1 aromatic heterocycles. The standard InChI is InChI=1S/C11H9ClF2N2O/c1-17-8-4-2-3-7(5-8)16-10(12)6-9(15-16)11(13)14/h2-6,11H,1H3. The number of benzene rings is 1. The molecule has 0 bridgehead atoms. The maximum atomic E-state index is 12.5. The molecule has 0 unspecified atom stereocenters. The van der Waals surface area contributed by atoms with Crippen LogP contribution in [0.15, 0.2) is 30.3 Å². The van der Waals surface area contributed by atoms with E-state index in [1.54, 1.807) is 24.3 Å². The molecule has 3 nitrogen and oxygen atoms in total. The first-order valence-corrected chi connectivity index (χ1v) is 5.17. The van der Waals surface area contributed by atoms with Crippen molar-refractivity contribution in [3.8, 4) is 11.4 Å². The minimum Gasteiger partial charge on any atom is -0.497 e. The van der Waals surface area contributed by atoms with Crippen LogP contribution in [0.5, 0.6) is 5.75 Å². The molecule has 17 heavy (non-hydrogen) atoms. The van der Waals surface area contributed by atoms with Crippen LogP contribution < -0.4 is 4.74 Å². The molecule has 0 aliphatic heterocycles. The van der Waals surface area contributed by atoms with Gasteiger partial charge >= 0.3 is 0 Å². The minimum atomic E-state index is -2.64. The predicted molar refractivity (Wildman–Crippen MR) is 60.1 cm³/mol. The highest BCUT2D eigenvalue weighted by atomic mass is 35.5. The van der Waals surface area contributed by atoms with Crippen molar-refractivity contribution in [2.24, 2.45) is 0 Å². The number of hydrogen-bond acceptors (Lipinski definition) is 2. The average molecular weight is 259 g/mol. The summed E-state index contributed by atoms with van der Waals surface area (Å²) in [5.41, 5.74) is 0.221. The quantitative estimate of drug-likeness (QED) is 0.843. The maximum Gasteiger partial charge on any atom is 0.282 e. The first-order valence-electron chi connectivity index (χ1n) is 4.80. The highest BCUT2D eigenvalue weighted by Crippen LogP contribution is 2.25. The average Bonchev–Trinajstić information content (AvgIpc) is 2.72. The SMILES string of the molecule is COc1cccc(-n2nc(C(F)F)cc2Cl)c1. The van der Waals surface area contributed by atoms with E-state index in [1.807, 2.05) is 0 Å². The predicted octanol–water partition coefficient (Wildman–Crippen LogP) is 3.47. The van der Waals surface area contributed by atoms with Crippen molar-refractivity contribution < 1.29 is 13.5 Å². The van der Waals surface area contributed by atoms with Gasteiger partial charge in [0.25, 0.3) is 6.43 Å². The maximum absolute atomic E-state index is 12.5. The van der Waals surface area contributed by atoms with Gasteiger partial charge < -0.3 is 4.74 Å². The monoisotopic (exact) mass is 258 g/mol. The van der Waals surface area contributed by atoms with Gasteiger partial charge in [0.05, 0.1) is 12.8 Å². The van der Waals surface area contributed by atoms with Gasteiger partial charge in [-0.05, 0) is 12.1 Å². The lowest BCUT2D eigenvalue weighted by atomic mass is 10.3. The Morgan fingerprint density at radius 3 is 2.71 bits per heavy atom. The van der Waals surface area contributed by atoms with Gasteiger partial charge in [0.15, 0.2) is 0 Å². The van der Waals surface area contributed by atoms with Gasteiger partial charge in [-0.15, -0.1) is 0 Å². The summed E-state index contributed by atoms with van der Waals surface area (Å²) < 4.78 is 31.2. The lowest BCUT2D eigenvalue weighted by Crippen LogP contribution is -1.98. The fourth-order valence-corrected chi connectivity index (χ4v) is 1.65. The van der Waals surface area contributed by atoms with Crippen LogP contribution >= 0.6 is 11.6 Å². The van der Waals surface area contributed by atoms with Crippen LogP contribution in [-0.4, -0.2) is 16.9 Å². The molecule has 0 saturated heterocycles. The number of halogens is 3. The summed E-state index contributed by atoms with van der Waals surface area (Å²) in [6.45, 7) is 0. The number of rotatable bonds is 3. The Balaban J connectivity index is 2.45. The van der Waals surface area contributed by atoms with Crippen LogP contribution in [0.1, 0.15) is 12.1 Å². The van der Waals surface area contributed by atoms with Crippen molar-refractivity contribution in [2.75, 3.05) is 7.11 Å². The summed E-state index contributed by atoms with van der Waals surface area (Å²) in [5.74, 6) is 0.604. The molecule has 90 valence electrons. The molecule has 0 aliphatic rings. The van der Waals surface area contributed by atoms with Crippen molar-refractivity contribution in [1.29, 1.82) is 0 Å². The van der Waals surface area contributed by atoms with Gasteiger partial charge in [0, 0.05) is 12.1 Å². The minimum absolute atomic E-state index is 0.133. The smallest absolute Gasteiger partial charge is 0.282 e. The molecule has 2 rings (SSSR count). The highest BCUT2D eigenvalue weighted by molar-refractivity contribution is 6.29.